The van der Waals surface area contributed by atoms with E-state index in [1.807, 2.05) is 65.6 Å². The monoisotopic (exact) mass is 497 g/mol. The van der Waals surface area contributed by atoms with Gasteiger partial charge in [-0.2, -0.15) is 0 Å². The van der Waals surface area contributed by atoms with Crippen LogP contribution in [0.15, 0.2) is 77.3 Å². The van der Waals surface area contributed by atoms with Crippen LogP contribution in [-0.4, -0.2) is 29.9 Å². The predicted molar refractivity (Wildman–Crippen MR) is 128 cm³/mol. The van der Waals surface area contributed by atoms with Crippen LogP contribution in [0.2, 0.25) is 5.02 Å². The van der Waals surface area contributed by atoms with Crippen LogP contribution in [0.4, 0.5) is 16.2 Å². The third-order valence-corrected chi connectivity index (χ3v) is 5.92. The van der Waals surface area contributed by atoms with Crippen LogP contribution in [-0.2, 0) is 6.54 Å². The molecule has 1 aliphatic heterocycles. The van der Waals surface area contributed by atoms with Gasteiger partial charge >= 0.3 is 6.03 Å². The SMILES string of the molecule is O=C(Nc1ccc(Br)cc1)c1ccc(N2CCCN(Cc3ccc(Cl)cc3)C2=O)cc1. The van der Waals surface area contributed by atoms with Crippen molar-refractivity contribution in [2.24, 2.45) is 0 Å². The molecule has 1 N–H and O–H groups in total. The molecule has 7 heteroatoms. The zero-order valence-corrected chi connectivity index (χ0v) is 19.1. The number of nitrogens with zero attached hydrogens (tertiary/aromatic N) is 2. The van der Waals surface area contributed by atoms with Crippen LogP contribution >= 0.6 is 27.5 Å². The molecule has 1 heterocycles. The van der Waals surface area contributed by atoms with Crippen LogP contribution in [0.1, 0.15) is 22.3 Å². The summed E-state index contributed by atoms with van der Waals surface area (Å²) >= 11 is 9.33. The fraction of sp³-hybridized carbons (Fsp3) is 0.167. The first-order valence-electron chi connectivity index (χ1n) is 9.97. The molecule has 0 aliphatic carbocycles. The van der Waals surface area contributed by atoms with Gasteiger partial charge in [0, 0.05) is 46.1 Å². The van der Waals surface area contributed by atoms with Gasteiger partial charge in [0.25, 0.3) is 5.91 Å². The van der Waals surface area contributed by atoms with Crippen LogP contribution in [0.3, 0.4) is 0 Å². The Hall–Kier alpha value is -2.83. The fourth-order valence-electron chi connectivity index (χ4n) is 3.51. The Morgan fingerprint density at radius 3 is 2.29 bits per heavy atom. The van der Waals surface area contributed by atoms with Crippen LogP contribution < -0.4 is 10.2 Å². The third-order valence-electron chi connectivity index (χ3n) is 5.14. The molecule has 4 rings (SSSR count). The molecule has 31 heavy (non-hydrogen) atoms. The molecule has 0 saturated carbocycles. The van der Waals surface area contributed by atoms with Crippen LogP contribution in [0, 0.1) is 0 Å². The Bertz CT molecular complexity index is 1070. The van der Waals surface area contributed by atoms with Crippen molar-refractivity contribution in [3.05, 3.63) is 93.4 Å². The Kier molecular flexibility index (Phi) is 6.59. The summed E-state index contributed by atoms with van der Waals surface area (Å²) in [5.74, 6) is -0.191. The Labute approximate surface area is 194 Å². The molecule has 0 atom stereocenters. The van der Waals surface area contributed by atoms with Gasteiger partial charge in [0.2, 0.25) is 0 Å². The number of amides is 3. The molecule has 3 aromatic rings. The number of benzene rings is 3. The molecule has 1 saturated heterocycles. The second-order valence-electron chi connectivity index (χ2n) is 7.34. The van der Waals surface area contributed by atoms with Crippen molar-refractivity contribution in [2.45, 2.75) is 13.0 Å². The molecular formula is C24H21BrClN3O2. The number of nitrogens with one attached hydrogen (secondary N) is 1. The second kappa shape index (κ2) is 9.54. The van der Waals surface area contributed by atoms with E-state index in [1.54, 1.807) is 17.0 Å². The minimum absolute atomic E-state index is 0.0340. The minimum atomic E-state index is -0.191. The zero-order chi connectivity index (χ0) is 21.8. The van der Waals surface area contributed by atoms with Crippen molar-refractivity contribution in [2.75, 3.05) is 23.3 Å². The van der Waals surface area contributed by atoms with Crippen LogP contribution in [0.5, 0.6) is 0 Å². The lowest BCUT2D eigenvalue weighted by atomic mass is 10.1. The number of rotatable bonds is 5. The molecular weight excluding hydrogens is 478 g/mol. The maximum Gasteiger partial charge on any atom is 0.324 e. The Balaban J connectivity index is 1.42. The standard InChI is InChI=1S/C24H21BrClN3O2/c25-19-6-10-21(11-7-19)27-23(30)18-4-12-22(13-5-18)29-15-1-14-28(24(29)31)16-17-2-8-20(26)9-3-17/h2-13H,1,14-16H2,(H,27,30). The number of carbonyl (C=O) groups excluding carboxylic acids is 2. The smallest absolute Gasteiger partial charge is 0.322 e. The van der Waals surface area contributed by atoms with E-state index in [-0.39, 0.29) is 11.9 Å². The van der Waals surface area contributed by atoms with Gasteiger partial charge in [-0.15, -0.1) is 0 Å². The van der Waals surface area contributed by atoms with Crippen molar-refractivity contribution >= 4 is 50.8 Å². The maximum absolute atomic E-state index is 13.0. The predicted octanol–water partition coefficient (Wildman–Crippen LogP) is 6.19. The molecule has 0 unspecified atom stereocenters. The third kappa shape index (κ3) is 5.27. The molecule has 3 amide bonds. The number of halogens is 2. The second-order valence-corrected chi connectivity index (χ2v) is 8.70. The van der Waals surface area contributed by atoms with E-state index in [0.717, 1.165) is 27.8 Å². The Morgan fingerprint density at radius 1 is 0.935 bits per heavy atom. The summed E-state index contributed by atoms with van der Waals surface area (Å²) in [4.78, 5) is 29.1. The number of anilines is 2. The minimum Gasteiger partial charge on any atom is -0.322 e. The summed E-state index contributed by atoms with van der Waals surface area (Å²) in [6.45, 7) is 1.91. The number of carbonyl (C=O) groups is 2. The Morgan fingerprint density at radius 2 is 1.61 bits per heavy atom. The quantitative estimate of drug-likeness (QED) is 0.456. The topological polar surface area (TPSA) is 52.7 Å². The first kappa shape index (κ1) is 21.4. The van der Waals surface area contributed by atoms with Crippen molar-refractivity contribution in [3.8, 4) is 0 Å². The normalized spacial score (nSPS) is 13.9. The van der Waals surface area contributed by atoms with Crippen molar-refractivity contribution < 1.29 is 9.59 Å². The molecule has 158 valence electrons. The molecule has 3 aromatic carbocycles. The van der Waals surface area contributed by atoms with Crippen LogP contribution in [0.25, 0.3) is 0 Å². The van der Waals surface area contributed by atoms with Gasteiger partial charge in [-0.05, 0) is 72.6 Å². The van der Waals surface area contributed by atoms with Crippen molar-refractivity contribution in [1.29, 1.82) is 0 Å². The number of hydrogen-bond donors (Lipinski definition) is 1. The van der Waals surface area contributed by atoms with E-state index in [9.17, 15) is 9.59 Å². The first-order chi connectivity index (χ1) is 15.0. The first-order valence-corrected chi connectivity index (χ1v) is 11.1. The highest BCUT2D eigenvalue weighted by molar-refractivity contribution is 9.10. The average molecular weight is 499 g/mol. The van der Waals surface area contributed by atoms with Gasteiger partial charge in [-0.1, -0.05) is 39.7 Å². The lowest BCUT2D eigenvalue weighted by Crippen LogP contribution is -2.49. The lowest BCUT2D eigenvalue weighted by Gasteiger charge is -2.35. The summed E-state index contributed by atoms with van der Waals surface area (Å²) in [6.07, 6.45) is 0.880. The molecule has 0 radical (unpaired) electrons. The zero-order valence-electron chi connectivity index (χ0n) is 16.7. The average Bonchev–Trinajstić information content (AvgIpc) is 2.78. The molecule has 1 aliphatic rings. The van der Waals surface area contributed by atoms with Gasteiger partial charge in [0.15, 0.2) is 0 Å². The molecule has 0 spiro atoms. The van der Waals surface area contributed by atoms with Gasteiger partial charge in [-0.25, -0.2) is 4.79 Å². The summed E-state index contributed by atoms with van der Waals surface area (Å²) in [7, 11) is 0. The van der Waals surface area contributed by atoms with E-state index in [1.165, 1.54) is 0 Å². The highest BCUT2D eigenvalue weighted by Crippen LogP contribution is 2.23. The van der Waals surface area contributed by atoms with Crippen molar-refractivity contribution in [3.63, 3.8) is 0 Å². The lowest BCUT2D eigenvalue weighted by molar-refractivity contribution is 0.102. The van der Waals surface area contributed by atoms with E-state index in [2.05, 4.69) is 21.2 Å². The largest absolute Gasteiger partial charge is 0.324 e. The molecule has 0 bridgehead atoms. The number of hydrogen-bond acceptors (Lipinski definition) is 2. The summed E-state index contributed by atoms with van der Waals surface area (Å²) in [5, 5.41) is 3.55. The molecule has 1 fully saturated rings. The molecule has 0 aromatic heterocycles. The highest BCUT2D eigenvalue weighted by Gasteiger charge is 2.26. The maximum atomic E-state index is 13.0. The van der Waals surface area contributed by atoms with E-state index >= 15 is 0 Å². The van der Waals surface area contributed by atoms with E-state index in [0.29, 0.717) is 30.2 Å². The fourth-order valence-corrected chi connectivity index (χ4v) is 3.90. The van der Waals surface area contributed by atoms with E-state index in [4.69, 9.17) is 11.6 Å². The summed E-state index contributed by atoms with van der Waals surface area (Å²) in [6, 6.07) is 22.0. The van der Waals surface area contributed by atoms with Gasteiger partial charge in [0.05, 0.1) is 0 Å². The van der Waals surface area contributed by atoms with E-state index < -0.39 is 0 Å². The molecule has 5 nitrogen and oxygen atoms in total. The van der Waals surface area contributed by atoms with Gasteiger partial charge < -0.3 is 10.2 Å². The highest BCUT2D eigenvalue weighted by atomic mass is 79.9. The summed E-state index contributed by atoms with van der Waals surface area (Å²) < 4.78 is 0.950. The van der Waals surface area contributed by atoms with Crippen molar-refractivity contribution in [1.82, 2.24) is 4.90 Å². The summed E-state index contributed by atoms with van der Waals surface area (Å²) in [5.41, 5.74) is 3.08. The van der Waals surface area contributed by atoms with Gasteiger partial charge in [-0.3, -0.25) is 9.69 Å². The van der Waals surface area contributed by atoms with Gasteiger partial charge in [0.1, 0.15) is 0 Å². The number of urea groups is 1.